The predicted molar refractivity (Wildman–Crippen MR) is 139 cm³/mol. The van der Waals surface area contributed by atoms with E-state index in [2.05, 4.69) is 6.92 Å². The van der Waals surface area contributed by atoms with Crippen LogP contribution in [0.2, 0.25) is 0 Å². The summed E-state index contributed by atoms with van der Waals surface area (Å²) in [6.07, 6.45) is 15.8. The highest BCUT2D eigenvalue weighted by molar-refractivity contribution is 5.40. The molecule has 0 amide bonds. The molecule has 0 aromatic heterocycles. The molecule has 0 N–H and O–H groups in total. The van der Waals surface area contributed by atoms with Crippen LogP contribution in [0.15, 0.2) is 12.1 Å². The maximum atomic E-state index is 14.4. The Morgan fingerprint density at radius 2 is 1.16 bits per heavy atom. The minimum atomic E-state index is -4.78. The van der Waals surface area contributed by atoms with Gasteiger partial charge < -0.3 is 0 Å². The molecule has 206 valence electrons. The van der Waals surface area contributed by atoms with Crippen molar-refractivity contribution < 1.29 is 22.0 Å². The number of unbranched alkanes of at least 4 members (excludes halogenated alkanes) is 2. The Kier molecular flexibility index (Phi) is 9.98. The molecule has 0 bridgehead atoms. The second kappa shape index (κ2) is 13.0. The minimum Gasteiger partial charge on any atom is -0.206 e. The summed E-state index contributed by atoms with van der Waals surface area (Å²) >= 11 is 0. The first-order valence-electron chi connectivity index (χ1n) is 14.8. The van der Waals surface area contributed by atoms with Gasteiger partial charge in [0, 0.05) is 5.92 Å². The fourth-order valence-corrected chi connectivity index (χ4v) is 7.72. The topological polar surface area (TPSA) is 0 Å². The van der Waals surface area contributed by atoms with Gasteiger partial charge >= 0.3 is 6.18 Å². The first-order valence-corrected chi connectivity index (χ1v) is 14.8. The molecule has 0 unspecified atom stereocenters. The molecule has 0 saturated heterocycles. The average molecular weight is 523 g/mol. The van der Waals surface area contributed by atoms with Gasteiger partial charge in [-0.25, -0.2) is 8.78 Å². The molecular weight excluding hydrogens is 479 g/mol. The lowest BCUT2D eigenvalue weighted by Crippen LogP contribution is -2.29. The standard InChI is InChI=1S/C32H43F5/c1-2-3-4-5-22-6-8-23(9-7-22)24-10-12-25(13-11-24)26-14-16-27(17-15-26)28-20-30(33)29(31(34)21-28)18-19-32(35,36)37/h20-27H,2-17H2,1H3. The van der Waals surface area contributed by atoms with Gasteiger partial charge in [-0.1, -0.05) is 51.4 Å². The summed E-state index contributed by atoms with van der Waals surface area (Å²) in [6, 6.07) is 2.39. The van der Waals surface area contributed by atoms with Crippen LogP contribution in [0.1, 0.15) is 127 Å². The van der Waals surface area contributed by atoms with Crippen molar-refractivity contribution in [3.8, 4) is 11.8 Å². The normalized spacial score (nSPS) is 31.0. The molecule has 1 aromatic rings. The molecular formula is C32H43F5. The Labute approximate surface area is 220 Å². The lowest BCUT2D eigenvalue weighted by atomic mass is 9.64. The second-order valence-electron chi connectivity index (χ2n) is 12.2. The van der Waals surface area contributed by atoms with E-state index < -0.39 is 23.4 Å². The summed E-state index contributed by atoms with van der Waals surface area (Å²) in [4.78, 5) is 0. The Morgan fingerprint density at radius 3 is 1.62 bits per heavy atom. The summed E-state index contributed by atoms with van der Waals surface area (Å²) in [6.45, 7) is 2.28. The summed E-state index contributed by atoms with van der Waals surface area (Å²) in [5, 5.41) is 0. The van der Waals surface area contributed by atoms with E-state index in [0.717, 1.165) is 55.3 Å². The Hall–Kier alpha value is -1.57. The van der Waals surface area contributed by atoms with Gasteiger partial charge in [0.25, 0.3) is 0 Å². The molecule has 0 heterocycles. The third-order valence-electron chi connectivity index (χ3n) is 9.89. The van der Waals surface area contributed by atoms with Crippen molar-refractivity contribution in [2.75, 3.05) is 0 Å². The number of halogens is 5. The van der Waals surface area contributed by atoms with Gasteiger partial charge in [-0.2, -0.15) is 13.2 Å². The summed E-state index contributed by atoms with van der Waals surface area (Å²) in [5.74, 6) is 4.94. The molecule has 5 heteroatoms. The molecule has 3 aliphatic rings. The minimum absolute atomic E-state index is 0.0636. The molecule has 0 nitrogen and oxygen atoms in total. The second-order valence-corrected chi connectivity index (χ2v) is 12.2. The zero-order valence-electron chi connectivity index (χ0n) is 22.3. The van der Waals surface area contributed by atoms with Crippen LogP contribution in [0, 0.1) is 53.1 Å². The largest absolute Gasteiger partial charge is 0.458 e. The Morgan fingerprint density at radius 1 is 0.703 bits per heavy atom. The summed E-state index contributed by atoms with van der Waals surface area (Å²) < 4.78 is 65.7. The Bertz CT molecular complexity index is 892. The number of rotatable bonds is 7. The maximum absolute atomic E-state index is 14.4. The lowest BCUT2D eigenvalue weighted by Gasteiger charge is -2.41. The Balaban J connectivity index is 1.22. The van der Waals surface area contributed by atoms with Gasteiger partial charge in [0.1, 0.15) is 11.6 Å². The van der Waals surface area contributed by atoms with Gasteiger partial charge in [0.15, 0.2) is 0 Å². The molecule has 4 rings (SSSR count). The van der Waals surface area contributed by atoms with E-state index in [1.54, 1.807) is 5.92 Å². The highest BCUT2D eigenvalue weighted by atomic mass is 19.4. The van der Waals surface area contributed by atoms with Crippen molar-refractivity contribution >= 4 is 0 Å². The first-order chi connectivity index (χ1) is 17.7. The van der Waals surface area contributed by atoms with E-state index >= 15 is 0 Å². The van der Waals surface area contributed by atoms with Crippen molar-refractivity contribution in [2.45, 2.75) is 122 Å². The van der Waals surface area contributed by atoms with E-state index in [9.17, 15) is 22.0 Å². The van der Waals surface area contributed by atoms with Gasteiger partial charge in [-0.3, -0.25) is 0 Å². The zero-order valence-corrected chi connectivity index (χ0v) is 22.3. The zero-order chi connectivity index (χ0) is 26.4. The van der Waals surface area contributed by atoms with E-state index in [-0.39, 0.29) is 5.92 Å². The SMILES string of the molecule is CCCCCC1CCC(C2CCC(C3CCC(c4cc(F)c(C#CC(F)(F)F)c(F)c4)CC3)CC2)CC1. The van der Waals surface area contributed by atoms with E-state index in [0.29, 0.717) is 11.5 Å². The molecule has 37 heavy (non-hydrogen) atoms. The number of alkyl halides is 3. The molecule has 3 saturated carbocycles. The van der Waals surface area contributed by atoms with E-state index in [1.165, 1.54) is 89.2 Å². The molecule has 0 aliphatic heterocycles. The fraction of sp³-hybridized carbons (Fsp3) is 0.750. The van der Waals surface area contributed by atoms with Crippen molar-refractivity contribution in [3.63, 3.8) is 0 Å². The number of benzene rings is 1. The molecule has 3 aliphatic carbocycles. The van der Waals surface area contributed by atoms with Crippen LogP contribution in [0.5, 0.6) is 0 Å². The monoisotopic (exact) mass is 522 g/mol. The third-order valence-corrected chi connectivity index (χ3v) is 9.89. The molecule has 0 atom stereocenters. The van der Waals surface area contributed by atoms with Gasteiger partial charge in [-0.15, -0.1) is 0 Å². The van der Waals surface area contributed by atoms with Crippen molar-refractivity contribution in [3.05, 3.63) is 34.9 Å². The van der Waals surface area contributed by atoms with Gasteiger partial charge in [0.2, 0.25) is 0 Å². The van der Waals surface area contributed by atoms with Crippen LogP contribution in [-0.2, 0) is 0 Å². The third kappa shape index (κ3) is 7.96. The van der Waals surface area contributed by atoms with Crippen LogP contribution in [-0.4, -0.2) is 6.18 Å². The van der Waals surface area contributed by atoms with E-state index in [1.807, 2.05) is 0 Å². The quantitative estimate of drug-likeness (QED) is 0.190. The summed E-state index contributed by atoms with van der Waals surface area (Å²) in [7, 11) is 0. The van der Waals surface area contributed by atoms with Gasteiger partial charge in [-0.05, 0) is 117 Å². The molecule has 3 fully saturated rings. The number of hydrogen-bond acceptors (Lipinski definition) is 0. The average Bonchev–Trinajstić information content (AvgIpc) is 2.88. The van der Waals surface area contributed by atoms with Crippen molar-refractivity contribution in [1.29, 1.82) is 0 Å². The van der Waals surface area contributed by atoms with Crippen LogP contribution >= 0.6 is 0 Å². The van der Waals surface area contributed by atoms with Crippen LogP contribution in [0.4, 0.5) is 22.0 Å². The highest BCUT2D eigenvalue weighted by Gasteiger charge is 2.35. The lowest BCUT2D eigenvalue weighted by molar-refractivity contribution is -0.0696. The summed E-state index contributed by atoms with van der Waals surface area (Å²) in [5.41, 5.74) is -0.239. The maximum Gasteiger partial charge on any atom is 0.458 e. The van der Waals surface area contributed by atoms with Gasteiger partial charge in [0.05, 0.1) is 5.56 Å². The molecule has 0 spiro atoms. The fourth-order valence-electron chi connectivity index (χ4n) is 7.72. The molecule has 0 radical (unpaired) electrons. The number of hydrogen-bond donors (Lipinski definition) is 0. The first kappa shape index (κ1) is 28.4. The smallest absolute Gasteiger partial charge is 0.206 e. The van der Waals surface area contributed by atoms with Crippen LogP contribution in [0.25, 0.3) is 0 Å². The van der Waals surface area contributed by atoms with E-state index in [4.69, 9.17) is 0 Å². The van der Waals surface area contributed by atoms with Crippen molar-refractivity contribution in [1.82, 2.24) is 0 Å². The molecule has 1 aromatic carbocycles. The van der Waals surface area contributed by atoms with Crippen molar-refractivity contribution in [2.24, 2.45) is 29.6 Å². The highest BCUT2D eigenvalue weighted by Crippen LogP contribution is 2.47. The predicted octanol–water partition coefficient (Wildman–Crippen LogP) is 10.3. The van der Waals surface area contributed by atoms with Crippen LogP contribution in [0.3, 0.4) is 0 Å². The van der Waals surface area contributed by atoms with Crippen LogP contribution < -0.4 is 0 Å².